The minimum absolute atomic E-state index is 0.00119. The van der Waals surface area contributed by atoms with E-state index in [9.17, 15) is 19.8 Å². The third-order valence-corrected chi connectivity index (χ3v) is 16.3. The molecule has 0 rings (SSSR count). The maximum atomic E-state index is 12.5. The Bertz CT molecular complexity index is 1380. The fourth-order valence-electron chi connectivity index (χ4n) is 10.8. The minimum Gasteiger partial charge on any atom is -0.466 e. The van der Waals surface area contributed by atoms with Crippen LogP contribution in [0.15, 0.2) is 60.8 Å². The van der Waals surface area contributed by atoms with Crippen molar-refractivity contribution in [2.75, 3.05) is 13.2 Å². The van der Waals surface area contributed by atoms with Gasteiger partial charge < -0.3 is 20.3 Å². The molecule has 468 valence electrons. The van der Waals surface area contributed by atoms with Gasteiger partial charge in [-0.3, -0.25) is 9.59 Å². The third kappa shape index (κ3) is 64.7. The van der Waals surface area contributed by atoms with E-state index in [0.29, 0.717) is 19.4 Å². The summed E-state index contributed by atoms with van der Waals surface area (Å²) in [6.45, 7) is 4.90. The van der Waals surface area contributed by atoms with Gasteiger partial charge in [0.1, 0.15) is 0 Å². The van der Waals surface area contributed by atoms with Crippen molar-refractivity contribution >= 4 is 11.9 Å². The highest BCUT2D eigenvalue weighted by Gasteiger charge is 2.18. The maximum absolute atomic E-state index is 12.5. The number of aliphatic hydroxyl groups excluding tert-OH is 2. The van der Waals surface area contributed by atoms with Crippen molar-refractivity contribution in [3.63, 3.8) is 0 Å². The van der Waals surface area contributed by atoms with Crippen LogP contribution in [0.2, 0.25) is 0 Å². The second-order valence-corrected chi connectivity index (χ2v) is 24.2. The molecule has 0 aliphatic heterocycles. The Labute approximate surface area is 499 Å². The molecule has 0 aliphatic rings. The monoisotopic (exact) mass is 1120 g/mol. The molecule has 0 fully saturated rings. The summed E-state index contributed by atoms with van der Waals surface area (Å²) < 4.78 is 5.49. The molecule has 3 N–H and O–H groups in total. The molecule has 0 aromatic carbocycles. The largest absolute Gasteiger partial charge is 0.466 e. The summed E-state index contributed by atoms with van der Waals surface area (Å²) in [6, 6.07) is -0.635. The first-order valence-electron chi connectivity index (χ1n) is 35.6. The van der Waals surface area contributed by atoms with Gasteiger partial charge in [-0.1, -0.05) is 325 Å². The van der Waals surface area contributed by atoms with E-state index in [1.165, 1.54) is 289 Å². The third-order valence-electron chi connectivity index (χ3n) is 16.3. The Balaban J connectivity index is 3.46. The quantitative estimate of drug-likeness (QED) is 0.0320. The van der Waals surface area contributed by atoms with E-state index in [4.69, 9.17) is 4.74 Å². The number of carbonyl (C=O) groups excluding carboxylic acids is 2. The lowest BCUT2D eigenvalue weighted by Gasteiger charge is -2.20. The minimum atomic E-state index is -0.851. The van der Waals surface area contributed by atoms with Gasteiger partial charge in [-0.15, -0.1) is 0 Å². The number of ether oxygens (including phenoxy) is 1. The zero-order valence-electron chi connectivity index (χ0n) is 53.6. The summed E-state index contributed by atoms with van der Waals surface area (Å²) in [5.41, 5.74) is 0. The van der Waals surface area contributed by atoms with Gasteiger partial charge in [-0.2, -0.15) is 0 Å². The molecule has 0 bridgehead atoms. The lowest BCUT2D eigenvalue weighted by atomic mass is 10.0. The molecule has 0 aromatic rings. The number of allylic oxidation sites excluding steroid dienone is 9. The Morgan fingerprint density at radius 2 is 0.625 bits per heavy atom. The van der Waals surface area contributed by atoms with Gasteiger partial charge in [-0.25, -0.2) is 0 Å². The van der Waals surface area contributed by atoms with E-state index in [1.807, 2.05) is 6.08 Å². The predicted molar refractivity (Wildman–Crippen MR) is 352 cm³/mol. The molecule has 1 amide bonds. The highest BCUT2D eigenvalue weighted by atomic mass is 16.5. The van der Waals surface area contributed by atoms with Crippen LogP contribution in [-0.4, -0.2) is 47.4 Å². The fourth-order valence-corrected chi connectivity index (χ4v) is 10.8. The molecule has 0 aliphatic carbocycles. The first kappa shape index (κ1) is 77.6. The zero-order chi connectivity index (χ0) is 57.8. The van der Waals surface area contributed by atoms with E-state index < -0.39 is 12.1 Å². The van der Waals surface area contributed by atoms with Crippen LogP contribution >= 0.6 is 0 Å². The van der Waals surface area contributed by atoms with Gasteiger partial charge in [0.25, 0.3) is 0 Å². The molecule has 6 nitrogen and oxygen atoms in total. The van der Waals surface area contributed by atoms with E-state index in [0.717, 1.165) is 57.8 Å². The molecule has 0 aromatic heterocycles. The number of aliphatic hydroxyl groups is 2. The van der Waals surface area contributed by atoms with Crippen LogP contribution in [0.1, 0.15) is 373 Å². The molecule has 0 radical (unpaired) electrons. The Hall–Kier alpha value is -2.44. The molecule has 6 heteroatoms. The molecule has 0 saturated carbocycles. The molecule has 80 heavy (non-hydrogen) atoms. The van der Waals surface area contributed by atoms with Crippen LogP contribution in [0.25, 0.3) is 0 Å². The summed E-state index contributed by atoms with van der Waals surface area (Å²) in [6.07, 6.45) is 91.5. The molecule has 0 heterocycles. The summed E-state index contributed by atoms with van der Waals surface area (Å²) in [7, 11) is 0. The highest BCUT2D eigenvalue weighted by Crippen LogP contribution is 2.18. The normalized spacial score (nSPS) is 12.9. The van der Waals surface area contributed by atoms with Gasteiger partial charge in [0.2, 0.25) is 5.91 Å². The van der Waals surface area contributed by atoms with E-state index in [1.54, 1.807) is 6.08 Å². The second-order valence-electron chi connectivity index (χ2n) is 24.2. The number of unbranched alkanes of at least 4 members (excludes halogenated alkanes) is 47. The van der Waals surface area contributed by atoms with Gasteiger partial charge >= 0.3 is 5.97 Å². The van der Waals surface area contributed by atoms with Crippen molar-refractivity contribution in [2.45, 2.75) is 386 Å². The number of rotatable bonds is 66. The van der Waals surface area contributed by atoms with Crippen LogP contribution in [0, 0.1) is 0 Å². The van der Waals surface area contributed by atoms with Gasteiger partial charge in [0, 0.05) is 12.8 Å². The highest BCUT2D eigenvalue weighted by molar-refractivity contribution is 5.76. The first-order valence-corrected chi connectivity index (χ1v) is 35.6. The summed E-state index contributed by atoms with van der Waals surface area (Å²) in [4.78, 5) is 24.6. The van der Waals surface area contributed by atoms with Crippen LogP contribution in [0.4, 0.5) is 0 Å². The van der Waals surface area contributed by atoms with Crippen LogP contribution in [0.5, 0.6) is 0 Å². The lowest BCUT2D eigenvalue weighted by Crippen LogP contribution is -2.45. The molecule has 2 atom stereocenters. The molecule has 0 spiro atoms. The number of amides is 1. The molecular weight excluding hydrogens is 983 g/mol. The van der Waals surface area contributed by atoms with Crippen molar-refractivity contribution in [1.29, 1.82) is 0 Å². The van der Waals surface area contributed by atoms with Gasteiger partial charge in [0.15, 0.2) is 0 Å². The Kier molecular flexibility index (Phi) is 66.9. The van der Waals surface area contributed by atoms with Crippen molar-refractivity contribution in [3.05, 3.63) is 60.8 Å². The Morgan fingerprint density at radius 3 is 0.963 bits per heavy atom. The van der Waals surface area contributed by atoms with Crippen LogP contribution in [-0.2, 0) is 14.3 Å². The number of hydrogen-bond acceptors (Lipinski definition) is 5. The zero-order valence-corrected chi connectivity index (χ0v) is 53.6. The van der Waals surface area contributed by atoms with Crippen LogP contribution < -0.4 is 5.32 Å². The van der Waals surface area contributed by atoms with E-state index in [-0.39, 0.29) is 18.5 Å². The number of hydrogen-bond donors (Lipinski definition) is 3. The number of carbonyl (C=O) groups is 2. The summed E-state index contributed by atoms with van der Waals surface area (Å²) in [5.74, 6) is -0.0707. The van der Waals surface area contributed by atoms with E-state index >= 15 is 0 Å². The van der Waals surface area contributed by atoms with Crippen molar-refractivity contribution in [2.24, 2.45) is 0 Å². The topological polar surface area (TPSA) is 95.9 Å². The smallest absolute Gasteiger partial charge is 0.305 e. The van der Waals surface area contributed by atoms with Crippen molar-refractivity contribution < 1.29 is 24.5 Å². The first-order chi connectivity index (χ1) is 39.5. The maximum Gasteiger partial charge on any atom is 0.305 e. The van der Waals surface area contributed by atoms with Crippen molar-refractivity contribution in [1.82, 2.24) is 5.32 Å². The van der Waals surface area contributed by atoms with E-state index in [2.05, 4.69) is 67.8 Å². The SMILES string of the molecule is CCCCCC/C=C\C/C=C\CCCCCCCCCC(=O)OCCCCCCCCCCC/C=C\C/C=C\CCCCCCCCCCCC(=O)NC(CO)C(O)/C=C/CCCCCCCCCCCCCCCCCCCC. The average molecular weight is 1120 g/mol. The number of nitrogens with one attached hydrogen (secondary N) is 1. The van der Waals surface area contributed by atoms with Crippen molar-refractivity contribution in [3.8, 4) is 0 Å². The van der Waals surface area contributed by atoms with Gasteiger partial charge in [-0.05, 0) is 96.3 Å². The summed E-state index contributed by atoms with van der Waals surface area (Å²) in [5, 5.41) is 23.2. The standard InChI is InChI=1S/C74H137NO5/c1-3-5-7-9-11-13-15-17-19-21-23-31-34-38-42-46-50-54-58-62-66-72(77)71(70-76)75-73(78)67-63-59-55-51-47-43-39-35-32-29-27-25-24-26-28-30-33-37-41-45-49-53-57-61-65-69-80-74(79)68-64-60-56-52-48-44-40-36-22-20-18-16-14-12-10-8-6-4-2/h14,16,20,22,25-28,62,66,71-72,76-77H,3-13,15,17-19,21,23-24,29-61,63-65,67-70H2,1-2H3,(H,75,78)/b16-14-,22-20-,27-25-,28-26-,66-62+. The van der Waals surface area contributed by atoms with Crippen LogP contribution in [0.3, 0.4) is 0 Å². The predicted octanol–water partition coefficient (Wildman–Crippen LogP) is 23.0. The fraction of sp³-hybridized carbons (Fsp3) is 0.838. The molecular formula is C74H137NO5. The summed E-state index contributed by atoms with van der Waals surface area (Å²) >= 11 is 0. The lowest BCUT2D eigenvalue weighted by molar-refractivity contribution is -0.143. The average Bonchev–Trinajstić information content (AvgIpc) is 3.46. The Morgan fingerprint density at radius 1 is 0.350 bits per heavy atom. The molecule has 2 unspecified atom stereocenters. The molecule has 0 saturated heterocycles. The number of esters is 1. The second kappa shape index (κ2) is 69.1. The van der Waals surface area contributed by atoms with Gasteiger partial charge in [0.05, 0.1) is 25.4 Å².